The molecule has 0 unspecified atom stereocenters. The highest BCUT2D eigenvalue weighted by molar-refractivity contribution is 7.89. The fourth-order valence-corrected chi connectivity index (χ4v) is 3.93. The quantitative estimate of drug-likeness (QED) is 0.844. The summed E-state index contributed by atoms with van der Waals surface area (Å²) >= 11 is 0. The molecule has 0 saturated heterocycles. The molecule has 0 heterocycles. The zero-order valence-electron chi connectivity index (χ0n) is 11.1. The van der Waals surface area contributed by atoms with E-state index in [-0.39, 0.29) is 6.04 Å². The van der Waals surface area contributed by atoms with E-state index >= 15 is 0 Å². The van der Waals surface area contributed by atoms with Crippen LogP contribution in [0, 0.1) is 6.92 Å². The maximum atomic E-state index is 12.5. The molecule has 1 fully saturated rings. The first kappa shape index (κ1) is 13.6. The fraction of sp³-hybridized carbons (Fsp3) is 0.571. The molecule has 0 aromatic heterocycles. The average Bonchev–Trinajstić information content (AvgIpc) is 2.39. The van der Waals surface area contributed by atoms with Crippen LogP contribution in [0.15, 0.2) is 29.2 Å². The normalized spacial score (nSPS) is 18.2. The molecule has 1 aliphatic carbocycles. The minimum absolute atomic E-state index is 0.171. The lowest BCUT2D eigenvalue weighted by Gasteiger charge is -2.30. The summed E-state index contributed by atoms with van der Waals surface area (Å²) in [7, 11) is -1.61. The van der Waals surface area contributed by atoms with E-state index in [1.165, 1.54) is 6.42 Å². The van der Waals surface area contributed by atoms with Crippen LogP contribution in [-0.4, -0.2) is 25.8 Å². The zero-order valence-corrected chi connectivity index (χ0v) is 11.9. The molecular formula is C14H21NO2S. The maximum absolute atomic E-state index is 12.5. The van der Waals surface area contributed by atoms with Gasteiger partial charge in [-0.2, -0.15) is 4.31 Å². The molecular weight excluding hydrogens is 246 g/mol. The van der Waals surface area contributed by atoms with Gasteiger partial charge in [-0.25, -0.2) is 8.42 Å². The Kier molecular flexibility index (Phi) is 4.07. The first-order valence-corrected chi connectivity index (χ1v) is 8.00. The Bertz CT molecular complexity index is 487. The fourth-order valence-electron chi connectivity index (χ4n) is 2.52. The van der Waals surface area contributed by atoms with E-state index in [4.69, 9.17) is 0 Å². The molecule has 1 aromatic rings. The van der Waals surface area contributed by atoms with Gasteiger partial charge in [-0.3, -0.25) is 0 Å². The second-order valence-corrected chi connectivity index (χ2v) is 7.12. The van der Waals surface area contributed by atoms with E-state index in [9.17, 15) is 8.42 Å². The van der Waals surface area contributed by atoms with Crippen LogP contribution in [0.5, 0.6) is 0 Å². The topological polar surface area (TPSA) is 37.4 Å². The van der Waals surface area contributed by atoms with Crippen molar-refractivity contribution in [3.05, 3.63) is 29.8 Å². The van der Waals surface area contributed by atoms with Gasteiger partial charge in [0.15, 0.2) is 0 Å². The molecule has 18 heavy (non-hydrogen) atoms. The molecule has 0 amide bonds. The van der Waals surface area contributed by atoms with E-state index in [0.717, 1.165) is 31.2 Å². The Morgan fingerprint density at radius 2 is 1.61 bits per heavy atom. The van der Waals surface area contributed by atoms with Crippen molar-refractivity contribution < 1.29 is 8.42 Å². The summed E-state index contributed by atoms with van der Waals surface area (Å²) in [6, 6.07) is 7.27. The number of hydrogen-bond acceptors (Lipinski definition) is 2. The Balaban J connectivity index is 2.21. The van der Waals surface area contributed by atoms with Gasteiger partial charge in [-0.15, -0.1) is 0 Å². The largest absolute Gasteiger partial charge is 0.243 e. The first-order chi connectivity index (χ1) is 8.51. The van der Waals surface area contributed by atoms with Crippen molar-refractivity contribution in [2.75, 3.05) is 7.05 Å². The average molecular weight is 267 g/mol. The monoisotopic (exact) mass is 267 g/mol. The molecule has 0 aliphatic heterocycles. The van der Waals surface area contributed by atoms with Crippen molar-refractivity contribution in [3.8, 4) is 0 Å². The van der Waals surface area contributed by atoms with Crippen LogP contribution in [0.2, 0.25) is 0 Å². The summed E-state index contributed by atoms with van der Waals surface area (Å²) in [6.07, 6.45) is 5.48. The summed E-state index contributed by atoms with van der Waals surface area (Å²) in [4.78, 5) is 0.404. The van der Waals surface area contributed by atoms with Gasteiger partial charge < -0.3 is 0 Å². The van der Waals surface area contributed by atoms with Gasteiger partial charge in [0.1, 0.15) is 0 Å². The number of aryl methyl sites for hydroxylation is 1. The molecule has 0 atom stereocenters. The van der Waals surface area contributed by atoms with Gasteiger partial charge >= 0.3 is 0 Å². The lowest BCUT2D eigenvalue weighted by atomic mass is 9.96. The van der Waals surface area contributed by atoms with E-state index in [0.29, 0.717) is 4.90 Å². The number of rotatable bonds is 3. The third-order valence-corrected chi connectivity index (χ3v) is 5.71. The van der Waals surface area contributed by atoms with Crippen molar-refractivity contribution in [2.45, 2.75) is 50.0 Å². The number of hydrogen-bond donors (Lipinski definition) is 0. The predicted molar refractivity (Wildman–Crippen MR) is 73.0 cm³/mol. The molecule has 3 nitrogen and oxygen atoms in total. The van der Waals surface area contributed by atoms with Crippen molar-refractivity contribution in [2.24, 2.45) is 0 Å². The zero-order chi connectivity index (χ0) is 13.2. The van der Waals surface area contributed by atoms with E-state index in [1.54, 1.807) is 23.5 Å². The maximum Gasteiger partial charge on any atom is 0.243 e. The van der Waals surface area contributed by atoms with Crippen LogP contribution < -0.4 is 0 Å². The number of nitrogens with zero attached hydrogens (tertiary/aromatic N) is 1. The molecule has 2 rings (SSSR count). The predicted octanol–water partition coefficient (Wildman–Crippen LogP) is 2.95. The lowest BCUT2D eigenvalue weighted by Crippen LogP contribution is -2.38. The van der Waals surface area contributed by atoms with Crippen molar-refractivity contribution in [1.82, 2.24) is 4.31 Å². The first-order valence-electron chi connectivity index (χ1n) is 6.56. The van der Waals surface area contributed by atoms with Crippen molar-refractivity contribution in [3.63, 3.8) is 0 Å². The van der Waals surface area contributed by atoms with Crippen LogP contribution in [0.3, 0.4) is 0 Å². The standard InChI is InChI=1S/C14H21NO2S/c1-12-8-10-14(11-9-12)18(16,17)15(2)13-6-4-3-5-7-13/h8-11,13H,3-7H2,1-2H3. The highest BCUT2D eigenvalue weighted by Crippen LogP contribution is 2.26. The summed E-state index contributed by atoms with van der Waals surface area (Å²) in [5.74, 6) is 0. The highest BCUT2D eigenvalue weighted by atomic mass is 32.2. The smallest absolute Gasteiger partial charge is 0.207 e. The Labute approximate surface area is 110 Å². The number of sulfonamides is 1. The molecule has 100 valence electrons. The third-order valence-electron chi connectivity index (χ3n) is 3.79. The van der Waals surface area contributed by atoms with Crippen LogP contribution in [0.25, 0.3) is 0 Å². The van der Waals surface area contributed by atoms with Gasteiger partial charge in [-0.1, -0.05) is 37.0 Å². The molecule has 1 aromatic carbocycles. The molecule has 0 radical (unpaired) electrons. The van der Waals surface area contributed by atoms with Gasteiger partial charge in [0.25, 0.3) is 0 Å². The van der Waals surface area contributed by atoms with E-state index < -0.39 is 10.0 Å². The van der Waals surface area contributed by atoms with Crippen LogP contribution in [0.4, 0.5) is 0 Å². The van der Waals surface area contributed by atoms with Gasteiger partial charge in [0.2, 0.25) is 10.0 Å². The third kappa shape index (κ3) is 2.75. The highest BCUT2D eigenvalue weighted by Gasteiger charge is 2.28. The molecule has 0 spiro atoms. The Morgan fingerprint density at radius 3 is 2.17 bits per heavy atom. The summed E-state index contributed by atoms with van der Waals surface area (Å²) in [6.45, 7) is 1.96. The molecule has 0 bridgehead atoms. The van der Waals surface area contributed by atoms with Gasteiger partial charge in [-0.05, 0) is 31.9 Å². The second kappa shape index (κ2) is 5.41. The van der Waals surface area contributed by atoms with Crippen molar-refractivity contribution in [1.29, 1.82) is 0 Å². The van der Waals surface area contributed by atoms with E-state index in [1.807, 2.05) is 19.1 Å². The Hall–Kier alpha value is -0.870. The van der Waals surface area contributed by atoms with Crippen molar-refractivity contribution >= 4 is 10.0 Å². The van der Waals surface area contributed by atoms with Gasteiger partial charge in [0.05, 0.1) is 4.90 Å². The SMILES string of the molecule is Cc1ccc(S(=O)(=O)N(C)C2CCCCC2)cc1. The molecule has 4 heteroatoms. The van der Waals surface area contributed by atoms with Crippen LogP contribution in [-0.2, 0) is 10.0 Å². The lowest BCUT2D eigenvalue weighted by molar-refractivity contribution is 0.286. The second-order valence-electron chi connectivity index (χ2n) is 5.13. The Morgan fingerprint density at radius 1 is 1.06 bits per heavy atom. The van der Waals surface area contributed by atoms with E-state index in [2.05, 4.69) is 0 Å². The minimum Gasteiger partial charge on any atom is -0.207 e. The summed E-state index contributed by atoms with van der Waals surface area (Å²) in [5.41, 5.74) is 1.08. The minimum atomic E-state index is -3.32. The molecule has 0 N–H and O–H groups in total. The number of benzene rings is 1. The van der Waals surface area contributed by atoms with Crippen LogP contribution in [0.1, 0.15) is 37.7 Å². The summed E-state index contributed by atoms with van der Waals surface area (Å²) in [5, 5.41) is 0. The summed E-state index contributed by atoms with van der Waals surface area (Å²) < 4.78 is 26.5. The van der Waals surface area contributed by atoms with Crippen LogP contribution >= 0.6 is 0 Å². The molecule has 1 saturated carbocycles. The molecule has 1 aliphatic rings. The van der Waals surface area contributed by atoms with Gasteiger partial charge in [0, 0.05) is 13.1 Å².